The Morgan fingerprint density at radius 2 is 2.00 bits per heavy atom. The smallest absolute Gasteiger partial charge is 0.0720 e. The lowest BCUT2D eigenvalue weighted by Gasteiger charge is -2.06. The molecule has 1 aromatic heterocycles. The van der Waals surface area contributed by atoms with Crippen molar-refractivity contribution in [3.05, 3.63) is 40.5 Å². The largest absolute Gasteiger partial charge is 0.253 e. The number of hydrogen-bond acceptors (Lipinski definition) is 1. The monoisotopic (exact) mass is 233 g/mol. The first-order valence-corrected chi connectivity index (χ1v) is 6.20. The van der Waals surface area contributed by atoms with Crippen molar-refractivity contribution >= 4 is 22.5 Å². The van der Waals surface area contributed by atoms with Gasteiger partial charge in [0.05, 0.1) is 10.5 Å². The number of nitrogens with zero attached hydrogens (tertiary/aromatic N) is 1. The summed E-state index contributed by atoms with van der Waals surface area (Å²) in [6.07, 6.45) is 3.18. The summed E-state index contributed by atoms with van der Waals surface area (Å²) in [5.74, 6) is 0. The fourth-order valence-corrected chi connectivity index (χ4v) is 2.19. The van der Waals surface area contributed by atoms with Gasteiger partial charge in [0.1, 0.15) is 0 Å². The van der Waals surface area contributed by atoms with Crippen molar-refractivity contribution < 1.29 is 0 Å². The zero-order chi connectivity index (χ0) is 11.5. The highest BCUT2D eigenvalue weighted by atomic mass is 35.5. The van der Waals surface area contributed by atoms with Gasteiger partial charge in [-0.05, 0) is 36.6 Å². The first kappa shape index (κ1) is 11.4. The van der Waals surface area contributed by atoms with Crippen molar-refractivity contribution in [2.45, 2.75) is 33.1 Å². The molecule has 2 rings (SSSR count). The van der Waals surface area contributed by atoms with Crippen molar-refractivity contribution in [3.63, 3.8) is 0 Å². The first-order chi connectivity index (χ1) is 7.74. The van der Waals surface area contributed by atoms with Crippen LogP contribution < -0.4 is 0 Å². The summed E-state index contributed by atoms with van der Waals surface area (Å²) in [6, 6.07) is 8.35. The van der Waals surface area contributed by atoms with Crippen LogP contribution in [-0.2, 0) is 12.8 Å². The standard InChI is InChI=1S/C14H16ClN/c1-3-5-10-6-7-14-12(8-10)13(15)9-11(4-2)16-14/h6-9H,3-5H2,1-2H3. The molecule has 1 nitrogen and oxygen atoms in total. The number of benzene rings is 1. The van der Waals surface area contributed by atoms with Crippen LogP contribution >= 0.6 is 11.6 Å². The molecule has 0 aliphatic carbocycles. The summed E-state index contributed by atoms with van der Waals surface area (Å²) < 4.78 is 0. The van der Waals surface area contributed by atoms with Gasteiger partial charge in [-0.15, -0.1) is 0 Å². The molecule has 2 aromatic rings. The van der Waals surface area contributed by atoms with E-state index in [1.807, 2.05) is 6.07 Å². The topological polar surface area (TPSA) is 12.9 Å². The maximum atomic E-state index is 6.27. The molecule has 0 bridgehead atoms. The zero-order valence-corrected chi connectivity index (χ0v) is 10.5. The van der Waals surface area contributed by atoms with Gasteiger partial charge in [0, 0.05) is 11.1 Å². The zero-order valence-electron chi connectivity index (χ0n) is 9.76. The lowest BCUT2D eigenvalue weighted by Crippen LogP contribution is -1.90. The third kappa shape index (κ3) is 2.19. The minimum atomic E-state index is 0.819. The quantitative estimate of drug-likeness (QED) is 0.766. The predicted molar refractivity (Wildman–Crippen MR) is 70.1 cm³/mol. The summed E-state index contributed by atoms with van der Waals surface area (Å²) >= 11 is 6.27. The van der Waals surface area contributed by atoms with E-state index in [4.69, 9.17) is 11.6 Å². The average Bonchev–Trinajstić information content (AvgIpc) is 2.30. The Bertz CT molecular complexity index is 505. The van der Waals surface area contributed by atoms with Crippen molar-refractivity contribution in [1.82, 2.24) is 4.98 Å². The third-order valence-corrected chi connectivity index (χ3v) is 3.09. The van der Waals surface area contributed by atoms with Gasteiger partial charge >= 0.3 is 0 Å². The van der Waals surface area contributed by atoms with Gasteiger partial charge in [-0.2, -0.15) is 0 Å². The second kappa shape index (κ2) is 4.84. The maximum Gasteiger partial charge on any atom is 0.0720 e. The highest BCUT2D eigenvalue weighted by molar-refractivity contribution is 6.35. The van der Waals surface area contributed by atoms with Gasteiger partial charge in [-0.1, -0.05) is 37.9 Å². The molecule has 0 amide bonds. The summed E-state index contributed by atoms with van der Waals surface area (Å²) in [4.78, 5) is 4.57. The van der Waals surface area contributed by atoms with Crippen LogP contribution in [0, 0.1) is 0 Å². The lowest BCUT2D eigenvalue weighted by atomic mass is 10.1. The molecule has 0 N–H and O–H groups in total. The molecular weight excluding hydrogens is 218 g/mol. The molecule has 1 aromatic carbocycles. The molecule has 0 radical (unpaired) electrons. The Morgan fingerprint density at radius 3 is 2.69 bits per heavy atom. The van der Waals surface area contributed by atoms with Gasteiger partial charge in [0.25, 0.3) is 0 Å². The molecule has 0 aliphatic rings. The minimum Gasteiger partial charge on any atom is -0.253 e. The van der Waals surface area contributed by atoms with E-state index in [2.05, 4.69) is 37.0 Å². The van der Waals surface area contributed by atoms with E-state index in [0.717, 1.165) is 40.9 Å². The molecular formula is C14H16ClN. The Kier molecular flexibility index (Phi) is 3.45. The minimum absolute atomic E-state index is 0.819. The fourth-order valence-electron chi connectivity index (χ4n) is 1.91. The SMILES string of the molecule is CCCc1ccc2nc(CC)cc(Cl)c2c1. The van der Waals surface area contributed by atoms with Crippen LogP contribution in [-0.4, -0.2) is 4.98 Å². The Morgan fingerprint density at radius 1 is 1.19 bits per heavy atom. The van der Waals surface area contributed by atoms with E-state index in [0.29, 0.717) is 0 Å². The van der Waals surface area contributed by atoms with Gasteiger partial charge in [-0.25, -0.2) is 0 Å². The second-order valence-corrected chi connectivity index (χ2v) is 4.46. The van der Waals surface area contributed by atoms with Crippen molar-refractivity contribution in [2.24, 2.45) is 0 Å². The van der Waals surface area contributed by atoms with E-state index in [1.54, 1.807) is 0 Å². The van der Waals surface area contributed by atoms with Gasteiger partial charge in [-0.3, -0.25) is 4.98 Å². The molecule has 0 spiro atoms. The number of halogens is 1. The van der Waals surface area contributed by atoms with Crippen LogP contribution in [0.2, 0.25) is 5.02 Å². The second-order valence-electron chi connectivity index (χ2n) is 4.05. The number of aryl methyl sites for hydroxylation is 2. The molecule has 0 unspecified atom stereocenters. The van der Waals surface area contributed by atoms with E-state index >= 15 is 0 Å². The molecule has 1 heterocycles. The molecule has 84 valence electrons. The Labute approximate surface area is 101 Å². The average molecular weight is 234 g/mol. The Hall–Kier alpha value is -1.08. The summed E-state index contributed by atoms with van der Waals surface area (Å²) in [5, 5.41) is 1.89. The summed E-state index contributed by atoms with van der Waals surface area (Å²) in [7, 11) is 0. The lowest BCUT2D eigenvalue weighted by molar-refractivity contribution is 0.923. The predicted octanol–water partition coefficient (Wildman–Crippen LogP) is 4.40. The molecule has 16 heavy (non-hydrogen) atoms. The number of fused-ring (bicyclic) bond motifs is 1. The van der Waals surface area contributed by atoms with E-state index < -0.39 is 0 Å². The van der Waals surface area contributed by atoms with Crippen LogP contribution in [0.25, 0.3) is 10.9 Å². The molecule has 0 saturated heterocycles. The molecule has 2 heteroatoms. The van der Waals surface area contributed by atoms with Crippen LogP contribution in [0.1, 0.15) is 31.5 Å². The van der Waals surface area contributed by atoms with Crippen LogP contribution in [0.3, 0.4) is 0 Å². The van der Waals surface area contributed by atoms with E-state index in [1.165, 1.54) is 5.56 Å². The Balaban J connectivity index is 2.56. The molecule has 0 aliphatic heterocycles. The number of rotatable bonds is 3. The van der Waals surface area contributed by atoms with Gasteiger partial charge in [0.15, 0.2) is 0 Å². The molecule has 0 saturated carbocycles. The highest BCUT2D eigenvalue weighted by Crippen LogP contribution is 2.24. The van der Waals surface area contributed by atoms with Crippen molar-refractivity contribution in [1.29, 1.82) is 0 Å². The summed E-state index contributed by atoms with van der Waals surface area (Å²) in [5.41, 5.74) is 3.40. The van der Waals surface area contributed by atoms with Crippen molar-refractivity contribution in [3.8, 4) is 0 Å². The normalized spacial score (nSPS) is 10.9. The van der Waals surface area contributed by atoms with E-state index in [9.17, 15) is 0 Å². The summed E-state index contributed by atoms with van der Waals surface area (Å²) in [6.45, 7) is 4.28. The molecule has 0 fully saturated rings. The van der Waals surface area contributed by atoms with Crippen LogP contribution in [0.15, 0.2) is 24.3 Å². The fraction of sp³-hybridized carbons (Fsp3) is 0.357. The molecule has 0 atom stereocenters. The van der Waals surface area contributed by atoms with Gasteiger partial charge < -0.3 is 0 Å². The first-order valence-electron chi connectivity index (χ1n) is 5.82. The highest BCUT2D eigenvalue weighted by Gasteiger charge is 2.04. The number of hydrogen-bond donors (Lipinski definition) is 0. The van der Waals surface area contributed by atoms with Crippen LogP contribution in [0.4, 0.5) is 0 Å². The number of pyridine rings is 1. The van der Waals surface area contributed by atoms with Crippen LogP contribution in [0.5, 0.6) is 0 Å². The number of aromatic nitrogens is 1. The van der Waals surface area contributed by atoms with Crippen molar-refractivity contribution in [2.75, 3.05) is 0 Å². The maximum absolute atomic E-state index is 6.27. The van der Waals surface area contributed by atoms with E-state index in [-0.39, 0.29) is 0 Å². The third-order valence-electron chi connectivity index (χ3n) is 2.78. The van der Waals surface area contributed by atoms with Gasteiger partial charge in [0.2, 0.25) is 0 Å².